The van der Waals surface area contributed by atoms with Crippen molar-refractivity contribution in [3.05, 3.63) is 0 Å². The van der Waals surface area contributed by atoms with Gasteiger partial charge in [-0.3, -0.25) is 4.18 Å². The summed E-state index contributed by atoms with van der Waals surface area (Å²) >= 11 is 0. The molecule has 0 aromatic rings. The lowest BCUT2D eigenvalue weighted by Gasteiger charge is -2.34. The molecule has 4 nitrogen and oxygen atoms in total. The van der Waals surface area contributed by atoms with Crippen LogP contribution in [0.2, 0.25) is 0 Å². The Labute approximate surface area is 286 Å². The summed E-state index contributed by atoms with van der Waals surface area (Å²) in [6.45, 7) is 19.1. The minimum absolute atomic E-state index is 0.196. The van der Waals surface area contributed by atoms with Crippen molar-refractivity contribution in [2.75, 3.05) is 38.5 Å². The highest BCUT2D eigenvalue weighted by Gasteiger charge is 2.16. The van der Waals surface area contributed by atoms with Crippen LogP contribution >= 0.6 is 0 Å². The Hall–Kier alpha value is -0.130. The Morgan fingerprint density at radius 1 is 0.356 bits per heavy atom. The highest BCUT2D eigenvalue weighted by atomic mass is 32.2. The topological polar surface area (TPSA) is 43.4 Å². The molecule has 45 heavy (non-hydrogen) atoms. The summed E-state index contributed by atoms with van der Waals surface area (Å²) in [5.41, 5.74) is 0. The predicted octanol–water partition coefficient (Wildman–Crippen LogP) is 13.2. The molecule has 0 fully saturated rings. The van der Waals surface area contributed by atoms with Crippen LogP contribution in [-0.2, 0) is 14.3 Å². The maximum absolute atomic E-state index is 12.0. The summed E-state index contributed by atoms with van der Waals surface area (Å²) < 4.78 is 30.5. The molecule has 0 rings (SSSR count). The molecule has 0 atom stereocenters. The van der Waals surface area contributed by atoms with E-state index in [0.29, 0.717) is 6.61 Å². The fourth-order valence-electron chi connectivity index (χ4n) is 6.36. The number of hydrogen-bond donors (Lipinski definition) is 0. The normalized spacial score (nSPS) is 12.0. The minimum Gasteiger partial charge on any atom is -0.325 e. The van der Waals surface area contributed by atoms with Gasteiger partial charge in [0.25, 0.3) is 10.1 Å². The Morgan fingerprint density at radius 3 is 0.844 bits per heavy atom. The van der Waals surface area contributed by atoms with E-state index in [1.54, 1.807) is 0 Å². The first-order valence-electron chi connectivity index (χ1n) is 20.6. The Balaban J connectivity index is 0. The van der Waals surface area contributed by atoms with Crippen molar-refractivity contribution in [3.63, 3.8) is 0 Å². The number of rotatable bonds is 35. The van der Waals surface area contributed by atoms with Crippen molar-refractivity contribution in [2.45, 2.75) is 221 Å². The molecular weight excluding hydrogens is 575 g/mol. The van der Waals surface area contributed by atoms with E-state index in [1.165, 1.54) is 178 Å². The van der Waals surface area contributed by atoms with Crippen molar-refractivity contribution >= 4 is 10.1 Å². The third-order valence-electron chi connectivity index (χ3n) is 10.2. The van der Waals surface area contributed by atoms with E-state index in [0.717, 1.165) is 32.1 Å². The van der Waals surface area contributed by atoms with Crippen molar-refractivity contribution in [2.24, 2.45) is 0 Å². The molecule has 0 aromatic heterocycles. The van der Waals surface area contributed by atoms with E-state index < -0.39 is 10.1 Å². The van der Waals surface area contributed by atoms with Gasteiger partial charge in [0.1, 0.15) is 0 Å². The number of quaternary nitrogens is 1. The van der Waals surface area contributed by atoms with Gasteiger partial charge < -0.3 is 4.48 Å². The van der Waals surface area contributed by atoms with Crippen LogP contribution in [0.15, 0.2) is 0 Å². The first-order valence-corrected chi connectivity index (χ1v) is 22.2. The fraction of sp³-hybridized carbons (Fsp3) is 1.00. The van der Waals surface area contributed by atoms with Gasteiger partial charge in [-0.15, -0.1) is 0 Å². The second kappa shape index (κ2) is 36.7. The van der Waals surface area contributed by atoms with Crippen LogP contribution in [0.4, 0.5) is 0 Å². The molecule has 0 N–H and O–H groups in total. The largest absolute Gasteiger partial charge is 0.325 e. The summed E-state index contributed by atoms with van der Waals surface area (Å²) in [4.78, 5) is 0. The maximum atomic E-state index is 12.0. The van der Waals surface area contributed by atoms with Gasteiger partial charge in [-0.25, -0.2) is 0 Å². The molecule has 0 saturated heterocycles. The van der Waals surface area contributed by atoms with Gasteiger partial charge in [0.05, 0.1) is 38.5 Å². The lowest BCUT2D eigenvalue weighted by atomic mass is 10.0. The third kappa shape index (κ3) is 35.0. The lowest BCUT2D eigenvalue weighted by Crippen LogP contribution is -2.47. The third-order valence-corrected chi connectivity index (χ3v) is 11.5. The van der Waals surface area contributed by atoms with Crippen LogP contribution in [-0.4, -0.2) is 51.4 Å². The molecule has 0 radical (unpaired) electrons. The summed E-state index contributed by atoms with van der Waals surface area (Å²) in [5.74, 6) is 0.196. The standard InChI is InChI=1S/C32H66O3S.C8H20N/c1-3-5-7-9-11-13-14-15-16-17-18-19-20-21-22-23-25-27-29-31-35-36(33,34)32-30-28-26-24-12-10-8-6-4-2;1-5-9(6-2,7-3)8-4/h3-32H2,1-2H3;5-8H2,1-4H3/q;+1. The highest BCUT2D eigenvalue weighted by molar-refractivity contribution is 7.86. The lowest BCUT2D eigenvalue weighted by molar-refractivity contribution is -0.921. The number of nitrogens with zero attached hydrogens (tertiary/aromatic N) is 1. The molecule has 0 saturated carbocycles. The van der Waals surface area contributed by atoms with Crippen LogP contribution in [0.5, 0.6) is 0 Å². The van der Waals surface area contributed by atoms with Crippen LogP contribution in [0.25, 0.3) is 0 Å². The summed E-state index contributed by atoms with van der Waals surface area (Å²) in [5, 5.41) is 0. The molecule has 0 aliphatic rings. The zero-order valence-corrected chi connectivity index (χ0v) is 32.9. The van der Waals surface area contributed by atoms with Crippen LogP contribution in [0, 0.1) is 0 Å². The molecule has 0 unspecified atom stereocenters. The van der Waals surface area contributed by atoms with E-state index in [4.69, 9.17) is 4.18 Å². The van der Waals surface area contributed by atoms with Gasteiger partial charge in [0.2, 0.25) is 0 Å². The molecule has 0 aromatic carbocycles. The molecule has 0 bridgehead atoms. The van der Waals surface area contributed by atoms with Gasteiger partial charge in [0, 0.05) is 0 Å². The fourth-order valence-corrected chi connectivity index (χ4v) is 7.40. The molecule has 0 spiro atoms. The molecule has 0 aliphatic heterocycles. The molecule has 0 heterocycles. The molecule has 5 heteroatoms. The smallest absolute Gasteiger partial charge is 0.267 e. The second-order valence-corrected chi connectivity index (χ2v) is 15.6. The van der Waals surface area contributed by atoms with Gasteiger partial charge in [-0.05, 0) is 40.5 Å². The van der Waals surface area contributed by atoms with Gasteiger partial charge in [-0.2, -0.15) is 8.42 Å². The second-order valence-electron chi connectivity index (χ2n) is 13.9. The molecular formula is C40H86NO3S+. The number of hydrogen-bond acceptors (Lipinski definition) is 3. The summed E-state index contributed by atoms with van der Waals surface area (Å²) in [7, 11) is -3.31. The first-order chi connectivity index (χ1) is 21.9. The van der Waals surface area contributed by atoms with Crippen LogP contribution < -0.4 is 0 Å². The van der Waals surface area contributed by atoms with Crippen molar-refractivity contribution < 1.29 is 17.1 Å². The van der Waals surface area contributed by atoms with Crippen molar-refractivity contribution in [1.29, 1.82) is 0 Å². The van der Waals surface area contributed by atoms with Crippen LogP contribution in [0.1, 0.15) is 221 Å². The van der Waals surface area contributed by atoms with E-state index in [9.17, 15) is 8.42 Å². The van der Waals surface area contributed by atoms with Crippen LogP contribution in [0.3, 0.4) is 0 Å². The Bertz CT molecular complexity index is 630. The zero-order chi connectivity index (χ0) is 33.7. The average molecular weight is 661 g/mol. The van der Waals surface area contributed by atoms with E-state index >= 15 is 0 Å². The summed E-state index contributed by atoms with van der Waals surface area (Å²) in [6, 6.07) is 0. The van der Waals surface area contributed by atoms with Gasteiger partial charge in [0.15, 0.2) is 0 Å². The van der Waals surface area contributed by atoms with Gasteiger partial charge >= 0.3 is 0 Å². The van der Waals surface area contributed by atoms with Crippen molar-refractivity contribution in [1.82, 2.24) is 0 Å². The zero-order valence-electron chi connectivity index (χ0n) is 32.1. The Kier molecular flexibility index (Phi) is 38.3. The first kappa shape index (κ1) is 47.0. The molecule has 0 aliphatic carbocycles. The van der Waals surface area contributed by atoms with E-state index in [2.05, 4.69) is 41.5 Å². The average Bonchev–Trinajstić information content (AvgIpc) is 3.04. The predicted molar refractivity (Wildman–Crippen MR) is 203 cm³/mol. The maximum Gasteiger partial charge on any atom is 0.267 e. The SMILES string of the molecule is CCCCCCCCCCCCCCCCCCCCCOS(=O)(=O)CCCCCCCCCCC.CC[N+](CC)(CC)CC. The molecule has 0 amide bonds. The van der Waals surface area contributed by atoms with Crippen molar-refractivity contribution in [3.8, 4) is 0 Å². The van der Waals surface area contributed by atoms with E-state index in [1.807, 2.05) is 0 Å². The number of unbranched alkanes of at least 4 members (excludes halogenated alkanes) is 26. The molecule has 274 valence electrons. The summed E-state index contributed by atoms with van der Waals surface area (Å²) in [6.07, 6.45) is 36.4. The Morgan fingerprint density at radius 2 is 0.600 bits per heavy atom. The van der Waals surface area contributed by atoms with E-state index in [-0.39, 0.29) is 5.75 Å². The highest BCUT2D eigenvalue weighted by Crippen LogP contribution is 2.15. The quantitative estimate of drug-likeness (QED) is 0.0386. The van der Waals surface area contributed by atoms with Gasteiger partial charge in [-0.1, -0.05) is 181 Å². The monoisotopic (exact) mass is 661 g/mol. The minimum atomic E-state index is -3.31.